The lowest BCUT2D eigenvalue weighted by Gasteiger charge is -2.06. The SMILES string of the molecule is N#Cc1cc(C(=N)c2cc(N)ccc2N)co1. The maximum absolute atomic E-state index is 8.64. The van der Waals surface area contributed by atoms with E-state index in [0.717, 1.165) is 0 Å². The van der Waals surface area contributed by atoms with Crippen molar-refractivity contribution in [2.45, 2.75) is 0 Å². The predicted molar refractivity (Wildman–Crippen MR) is 64.6 cm³/mol. The second-order valence-corrected chi connectivity index (χ2v) is 3.53. The van der Waals surface area contributed by atoms with E-state index < -0.39 is 0 Å². The first-order chi connectivity index (χ1) is 8.11. The molecule has 5 nitrogen and oxygen atoms in total. The first-order valence-electron chi connectivity index (χ1n) is 4.84. The van der Waals surface area contributed by atoms with Crippen molar-refractivity contribution in [1.82, 2.24) is 0 Å². The number of hydrogen-bond acceptors (Lipinski definition) is 5. The van der Waals surface area contributed by atoms with Crippen LogP contribution in [0.2, 0.25) is 0 Å². The summed E-state index contributed by atoms with van der Waals surface area (Å²) < 4.78 is 4.95. The molecule has 5 heteroatoms. The number of nitrogen functional groups attached to an aromatic ring is 2. The van der Waals surface area contributed by atoms with Gasteiger partial charge in [0.2, 0.25) is 5.76 Å². The average Bonchev–Trinajstić information content (AvgIpc) is 2.80. The molecule has 84 valence electrons. The highest BCUT2D eigenvalue weighted by Gasteiger charge is 2.11. The van der Waals surface area contributed by atoms with Crippen LogP contribution in [-0.4, -0.2) is 5.71 Å². The maximum Gasteiger partial charge on any atom is 0.203 e. The van der Waals surface area contributed by atoms with Gasteiger partial charge in [0.15, 0.2) is 0 Å². The van der Waals surface area contributed by atoms with Gasteiger partial charge in [-0.2, -0.15) is 5.26 Å². The minimum atomic E-state index is 0.159. The summed E-state index contributed by atoms with van der Waals surface area (Å²) in [6.45, 7) is 0. The largest absolute Gasteiger partial charge is 0.453 e. The number of benzene rings is 1. The molecule has 17 heavy (non-hydrogen) atoms. The molecule has 1 aromatic carbocycles. The van der Waals surface area contributed by atoms with E-state index in [-0.39, 0.29) is 11.5 Å². The van der Waals surface area contributed by atoms with Gasteiger partial charge in [-0.15, -0.1) is 0 Å². The topological polar surface area (TPSA) is 113 Å². The molecule has 0 saturated heterocycles. The Bertz CT molecular complexity index is 622. The Balaban J connectivity index is 2.44. The molecule has 1 aromatic heterocycles. The quantitative estimate of drug-likeness (QED) is 0.534. The van der Waals surface area contributed by atoms with Crippen LogP contribution in [0.25, 0.3) is 0 Å². The van der Waals surface area contributed by atoms with E-state index in [9.17, 15) is 0 Å². The molecule has 0 unspecified atom stereocenters. The van der Waals surface area contributed by atoms with Gasteiger partial charge in [0, 0.05) is 28.6 Å². The minimum absolute atomic E-state index is 0.159. The predicted octanol–water partition coefficient (Wildman–Crippen LogP) is 1.73. The number of hydrogen-bond donors (Lipinski definition) is 3. The van der Waals surface area contributed by atoms with Crippen LogP contribution < -0.4 is 11.5 Å². The summed E-state index contributed by atoms with van der Waals surface area (Å²) in [6.07, 6.45) is 1.35. The summed E-state index contributed by atoms with van der Waals surface area (Å²) in [5.41, 5.74) is 13.6. The third-order valence-corrected chi connectivity index (χ3v) is 2.35. The molecule has 0 saturated carbocycles. The van der Waals surface area contributed by atoms with Crippen molar-refractivity contribution in [2.75, 3.05) is 11.5 Å². The highest BCUT2D eigenvalue weighted by atomic mass is 16.3. The summed E-state index contributed by atoms with van der Waals surface area (Å²) in [6, 6.07) is 8.29. The zero-order chi connectivity index (χ0) is 12.4. The van der Waals surface area contributed by atoms with E-state index in [1.165, 1.54) is 12.3 Å². The van der Waals surface area contributed by atoms with Crippen LogP contribution in [0.15, 0.2) is 34.9 Å². The molecule has 0 amide bonds. The van der Waals surface area contributed by atoms with Crippen molar-refractivity contribution in [1.29, 1.82) is 10.7 Å². The molecule has 1 heterocycles. The van der Waals surface area contributed by atoms with Crippen molar-refractivity contribution < 1.29 is 4.42 Å². The van der Waals surface area contributed by atoms with Gasteiger partial charge >= 0.3 is 0 Å². The number of nitriles is 1. The van der Waals surface area contributed by atoms with E-state index in [2.05, 4.69) is 0 Å². The van der Waals surface area contributed by atoms with Crippen molar-refractivity contribution in [2.24, 2.45) is 0 Å². The molecular weight excluding hydrogens is 216 g/mol. The van der Waals surface area contributed by atoms with Crippen LogP contribution in [0.4, 0.5) is 11.4 Å². The van der Waals surface area contributed by atoms with E-state index in [0.29, 0.717) is 22.5 Å². The van der Waals surface area contributed by atoms with Crippen molar-refractivity contribution >= 4 is 17.1 Å². The Kier molecular flexibility index (Phi) is 2.55. The Morgan fingerprint density at radius 3 is 2.71 bits per heavy atom. The highest BCUT2D eigenvalue weighted by Crippen LogP contribution is 2.20. The molecule has 0 fully saturated rings. The molecule has 0 aliphatic rings. The summed E-state index contributed by atoms with van der Waals surface area (Å²) >= 11 is 0. The van der Waals surface area contributed by atoms with Gasteiger partial charge in [0.25, 0.3) is 0 Å². The molecule has 0 bridgehead atoms. The number of nitrogens with one attached hydrogen (secondary N) is 1. The Morgan fingerprint density at radius 2 is 2.06 bits per heavy atom. The molecule has 2 aromatic rings. The van der Waals surface area contributed by atoms with E-state index in [1.807, 2.05) is 6.07 Å². The molecular formula is C12H10N4O. The Hall–Kier alpha value is -2.74. The number of nitrogens with two attached hydrogens (primary N) is 2. The summed E-state index contributed by atoms with van der Waals surface area (Å²) in [7, 11) is 0. The lowest BCUT2D eigenvalue weighted by molar-refractivity contribution is 0.552. The molecule has 0 aliphatic heterocycles. The minimum Gasteiger partial charge on any atom is -0.453 e. The van der Waals surface area contributed by atoms with Gasteiger partial charge in [-0.3, -0.25) is 5.41 Å². The Morgan fingerprint density at radius 1 is 1.29 bits per heavy atom. The van der Waals surface area contributed by atoms with Gasteiger partial charge in [-0.1, -0.05) is 0 Å². The molecule has 0 aliphatic carbocycles. The van der Waals surface area contributed by atoms with Gasteiger partial charge in [0.1, 0.15) is 12.3 Å². The fraction of sp³-hybridized carbons (Fsp3) is 0. The van der Waals surface area contributed by atoms with Crippen LogP contribution in [0.5, 0.6) is 0 Å². The van der Waals surface area contributed by atoms with Gasteiger partial charge in [-0.05, 0) is 18.2 Å². The highest BCUT2D eigenvalue weighted by molar-refractivity contribution is 6.14. The summed E-state index contributed by atoms with van der Waals surface area (Å²) in [5.74, 6) is 0.159. The van der Waals surface area contributed by atoms with Crippen LogP contribution in [0, 0.1) is 16.7 Å². The fourth-order valence-electron chi connectivity index (χ4n) is 1.47. The van der Waals surface area contributed by atoms with Crippen LogP contribution in [0.1, 0.15) is 16.9 Å². The van der Waals surface area contributed by atoms with Crippen molar-refractivity contribution in [3.8, 4) is 6.07 Å². The first-order valence-corrected chi connectivity index (χ1v) is 4.84. The third-order valence-electron chi connectivity index (χ3n) is 2.35. The third kappa shape index (κ3) is 1.96. The van der Waals surface area contributed by atoms with Crippen LogP contribution in [0.3, 0.4) is 0 Å². The standard InChI is InChI=1S/C12H10N4O/c13-5-9-3-7(6-17-9)12(16)10-4-8(14)1-2-11(10)15/h1-4,6,16H,14-15H2. The maximum atomic E-state index is 8.64. The van der Waals surface area contributed by atoms with E-state index in [1.54, 1.807) is 18.2 Å². The molecule has 2 rings (SSSR count). The lowest BCUT2D eigenvalue weighted by atomic mass is 10.0. The number of anilines is 2. The zero-order valence-corrected chi connectivity index (χ0v) is 8.90. The summed E-state index contributed by atoms with van der Waals surface area (Å²) in [5, 5.41) is 16.6. The second kappa shape index (κ2) is 4.02. The first kappa shape index (κ1) is 10.8. The monoisotopic (exact) mass is 226 g/mol. The summed E-state index contributed by atoms with van der Waals surface area (Å²) in [4.78, 5) is 0. The molecule has 0 spiro atoms. The fourth-order valence-corrected chi connectivity index (χ4v) is 1.47. The van der Waals surface area contributed by atoms with Crippen LogP contribution >= 0.6 is 0 Å². The number of nitrogens with zero attached hydrogens (tertiary/aromatic N) is 1. The smallest absolute Gasteiger partial charge is 0.203 e. The zero-order valence-electron chi connectivity index (χ0n) is 8.90. The second-order valence-electron chi connectivity index (χ2n) is 3.53. The van der Waals surface area contributed by atoms with E-state index >= 15 is 0 Å². The van der Waals surface area contributed by atoms with Gasteiger partial charge < -0.3 is 15.9 Å². The Labute approximate surface area is 97.8 Å². The molecule has 0 atom stereocenters. The number of rotatable bonds is 2. The van der Waals surface area contributed by atoms with Crippen LogP contribution in [-0.2, 0) is 0 Å². The molecule has 5 N–H and O–H groups in total. The lowest BCUT2D eigenvalue weighted by Crippen LogP contribution is -2.05. The van der Waals surface area contributed by atoms with Crippen molar-refractivity contribution in [3.63, 3.8) is 0 Å². The molecule has 0 radical (unpaired) electrons. The van der Waals surface area contributed by atoms with Crippen molar-refractivity contribution in [3.05, 3.63) is 47.4 Å². The van der Waals surface area contributed by atoms with Gasteiger partial charge in [0.05, 0.1) is 5.71 Å². The normalized spacial score (nSPS) is 9.82. The van der Waals surface area contributed by atoms with Gasteiger partial charge in [-0.25, -0.2) is 0 Å². The number of furan rings is 1. The average molecular weight is 226 g/mol. The van der Waals surface area contributed by atoms with E-state index in [4.69, 9.17) is 26.6 Å².